The molecule has 0 bridgehead atoms. The summed E-state index contributed by atoms with van der Waals surface area (Å²) >= 11 is 0. The van der Waals surface area contributed by atoms with E-state index in [1.807, 2.05) is 0 Å². The molecule has 1 aromatic rings. The van der Waals surface area contributed by atoms with Gasteiger partial charge < -0.3 is 5.32 Å². The molecule has 2 rings (SSSR count). The Morgan fingerprint density at radius 2 is 2.17 bits per heavy atom. The lowest BCUT2D eigenvalue weighted by atomic mass is 10.0. The molecule has 0 saturated heterocycles. The van der Waals surface area contributed by atoms with Gasteiger partial charge in [-0.3, -0.25) is 0 Å². The van der Waals surface area contributed by atoms with Crippen LogP contribution in [0, 0.1) is 6.92 Å². The van der Waals surface area contributed by atoms with Crippen molar-refractivity contribution in [2.45, 2.75) is 19.9 Å². The molecule has 1 nitrogen and oxygen atoms in total. The summed E-state index contributed by atoms with van der Waals surface area (Å²) in [6.45, 7) is 4.29. The Morgan fingerprint density at radius 3 is 3.00 bits per heavy atom. The quantitative estimate of drug-likeness (QED) is 0.613. The zero-order valence-corrected chi connectivity index (χ0v) is 7.46. The Hall–Kier alpha value is -1.24. The first-order valence-corrected chi connectivity index (χ1v) is 4.32. The van der Waals surface area contributed by atoms with Crippen LogP contribution in [0.2, 0.25) is 0 Å². The number of rotatable bonds is 0. The topological polar surface area (TPSA) is 12.0 Å². The molecule has 0 radical (unpaired) electrons. The summed E-state index contributed by atoms with van der Waals surface area (Å²) in [5, 5.41) is 3.41. The van der Waals surface area contributed by atoms with Crippen molar-refractivity contribution in [1.82, 2.24) is 0 Å². The molecule has 0 aliphatic carbocycles. The van der Waals surface area contributed by atoms with Crippen LogP contribution in [0.25, 0.3) is 6.08 Å². The second kappa shape index (κ2) is 2.67. The minimum absolute atomic E-state index is 0.458. The van der Waals surface area contributed by atoms with Crippen LogP contribution in [-0.4, -0.2) is 6.04 Å². The van der Waals surface area contributed by atoms with Gasteiger partial charge in [-0.2, -0.15) is 0 Å². The Labute approximate surface area is 73.1 Å². The second-order valence-electron chi connectivity index (χ2n) is 3.33. The van der Waals surface area contributed by atoms with E-state index in [0.717, 1.165) is 0 Å². The van der Waals surface area contributed by atoms with Crippen molar-refractivity contribution in [3.05, 3.63) is 35.4 Å². The SMILES string of the molecule is Cc1cccc2c1C=CC(C)N2. The van der Waals surface area contributed by atoms with Gasteiger partial charge in [-0.25, -0.2) is 0 Å². The molecule has 1 aliphatic rings. The van der Waals surface area contributed by atoms with Crippen LogP contribution < -0.4 is 5.32 Å². The molecule has 1 N–H and O–H groups in total. The lowest BCUT2D eigenvalue weighted by molar-refractivity contribution is 0.990. The van der Waals surface area contributed by atoms with Crippen LogP contribution >= 0.6 is 0 Å². The third-order valence-electron chi connectivity index (χ3n) is 2.26. The van der Waals surface area contributed by atoms with E-state index in [-0.39, 0.29) is 0 Å². The van der Waals surface area contributed by atoms with E-state index in [0.29, 0.717) is 6.04 Å². The van der Waals surface area contributed by atoms with Gasteiger partial charge in [0.05, 0.1) is 0 Å². The third-order valence-corrected chi connectivity index (χ3v) is 2.26. The van der Waals surface area contributed by atoms with Crippen LogP contribution in [0.4, 0.5) is 5.69 Å². The smallest absolute Gasteiger partial charge is 0.0420 e. The maximum atomic E-state index is 3.41. The third kappa shape index (κ3) is 1.11. The van der Waals surface area contributed by atoms with Gasteiger partial charge in [-0.15, -0.1) is 0 Å². The van der Waals surface area contributed by atoms with Gasteiger partial charge >= 0.3 is 0 Å². The molecule has 12 heavy (non-hydrogen) atoms. The maximum absolute atomic E-state index is 3.41. The van der Waals surface area contributed by atoms with Crippen molar-refractivity contribution in [2.75, 3.05) is 5.32 Å². The predicted molar refractivity (Wildman–Crippen MR) is 53.3 cm³/mol. The summed E-state index contributed by atoms with van der Waals surface area (Å²) in [6.07, 6.45) is 4.39. The summed E-state index contributed by atoms with van der Waals surface area (Å²) in [6, 6.07) is 6.82. The molecule has 0 fully saturated rings. The summed E-state index contributed by atoms with van der Waals surface area (Å²) in [5.41, 5.74) is 3.92. The highest BCUT2D eigenvalue weighted by Gasteiger charge is 2.08. The molecule has 1 atom stereocenters. The van der Waals surface area contributed by atoms with Gasteiger partial charge in [0.25, 0.3) is 0 Å². The van der Waals surface area contributed by atoms with Crippen LogP contribution in [0.5, 0.6) is 0 Å². The van der Waals surface area contributed by atoms with Crippen molar-refractivity contribution >= 4 is 11.8 Å². The van der Waals surface area contributed by atoms with Crippen molar-refractivity contribution in [3.8, 4) is 0 Å². The normalized spacial score (nSPS) is 20.0. The summed E-state index contributed by atoms with van der Waals surface area (Å²) < 4.78 is 0. The van der Waals surface area contributed by atoms with Gasteiger partial charge in [0.1, 0.15) is 0 Å². The Kier molecular flexibility index (Phi) is 1.65. The van der Waals surface area contributed by atoms with Crippen LogP contribution in [0.15, 0.2) is 24.3 Å². The molecule has 1 aliphatic heterocycles. The fourth-order valence-corrected chi connectivity index (χ4v) is 1.56. The number of fused-ring (bicyclic) bond motifs is 1. The standard InChI is InChI=1S/C11H13N/c1-8-4-3-5-11-10(8)7-6-9(2)12-11/h3-7,9,12H,1-2H3. The molecule has 0 spiro atoms. The van der Waals surface area contributed by atoms with Crippen LogP contribution in [-0.2, 0) is 0 Å². The van der Waals surface area contributed by atoms with Gasteiger partial charge in [0.2, 0.25) is 0 Å². The van der Waals surface area contributed by atoms with E-state index in [9.17, 15) is 0 Å². The molecule has 0 aromatic heterocycles. The fraction of sp³-hybridized carbons (Fsp3) is 0.273. The number of nitrogens with one attached hydrogen (secondary N) is 1. The molecular weight excluding hydrogens is 146 g/mol. The summed E-state index contributed by atoms with van der Waals surface area (Å²) in [4.78, 5) is 0. The molecule has 1 heterocycles. The van der Waals surface area contributed by atoms with Crippen molar-refractivity contribution in [2.24, 2.45) is 0 Å². The molecule has 1 heteroatoms. The number of benzene rings is 1. The van der Waals surface area contributed by atoms with Crippen LogP contribution in [0.3, 0.4) is 0 Å². The molecule has 1 aromatic carbocycles. The highest BCUT2D eigenvalue weighted by molar-refractivity contribution is 5.73. The Bertz CT molecular complexity index is 326. The minimum atomic E-state index is 0.458. The lowest BCUT2D eigenvalue weighted by Gasteiger charge is -2.19. The van der Waals surface area contributed by atoms with E-state index in [4.69, 9.17) is 0 Å². The maximum Gasteiger partial charge on any atom is 0.0420 e. The van der Waals surface area contributed by atoms with Gasteiger partial charge in [-0.05, 0) is 25.5 Å². The second-order valence-corrected chi connectivity index (χ2v) is 3.33. The largest absolute Gasteiger partial charge is 0.379 e. The van der Waals surface area contributed by atoms with Gasteiger partial charge in [0, 0.05) is 17.3 Å². The first-order chi connectivity index (χ1) is 5.77. The monoisotopic (exact) mass is 159 g/mol. The van der Waals surface area contributed by atoms with E-state index in [2.05, 4.69) is 49.5 Å². The number of hydrogen-bond donors (Lipinski definition) is 1. The Morgan fingerprint density at radius 1 is 1.33 bits per heavy atom. The minimum Gasteiger partial charge on any atom is -0.379 e. The zero-order chi connectivity index (χ0) is 8.55. The summed E-state index contributed by atoms with van der Waals surface area (Å²) in [7, 11) is 0. The summed E-state index contributed by atoms with van der Waals surface area (Å²) in [5.74, 6) is 0. The highest BCUT2D eigenvalue weighted by atomic mass is 14.9. The molecule has 1 unspecified atom stereocenters. The molecule has 62 valence electrons. The number of aryl methyl sites for hydroxylation is 1. The van der Waals surface area contributed by atoms with E-state index < -0.39 is 0 Å². The average Bonchev–Trinajstić information content (AvgIpc) is 2.04. The predicted octanol–water partition coefficient (Wildman–Crippen LogP) is 2.82. The van der Waals surface area contributed by atoms with Gasteiger partial charge in [-0.1, -0.05) is 24.3 Å². The fourth-order valence-electron chi connectivity index (χ4n) is 1.56. The molecule has 0 amide bonds. The number of hydrogen-bond acceptors (Lipinski definition) is 1. The van der Waals surface area contributed by atoms with E-state index in [1.54, 1.807) is 0 Å². The first kappa shape index (κ1) is 7.41. The van der Waals surface area contributed by atoms with E-state index in [1.165, 1.54) is 16.8 Å². The van der Waals surface area contributed by atoms with Crippen molar-refractivity contribution in [1.29, 1.82) is 0 Å². The highest BCUT2D eigenvalue weighted by Crippen LogP contribution is 2.25. The van der Waals surface area contributed by atoms with Crippen molar-refractivity contribution in [3.63, 3.8) is 0 Å². The number of anilines is 1. The van der Waals surface area contributed by atoms with E-state index >= 15 is 0 Å². The Balaban J connectivity index is 2.53. The molecular formula is C11H13N. The average molecular weight is 159 g/mol. The first-order valence-electron chi connectivity index (χ1n) is 4.32. The van der Waals surface area contributed by atoms with Gasteiger partial charge in [0.15, 0.2) is 0 Å². The van der Waals surface area contributed by atoms with Crippen LogP contribution in [0.1, 0.15) is 18.1 Å². The zero-order valence-electron chi connectivity index (χ0n) is 7.46. The lowest BCUT2D eigenvalue weighted by Crippen LogP contribution is -2.15. The molecule has 0 saturated carbocycles. The van der Waals surface area contributed by atoms with Crippen molar-refractivity contribution < 1.29 is 0 Å².